The summed E-state index contributed by atoms with van der Waals surface area (Å²) in [5.41, 5.74) is 0.309. The van der Waals surface area contributed by atoms with Crippen LogP contribution in [-0.4, -0.2) is 31.6 Å². The standard InChI is InChI=1S/C21H15O2S.C10H5Cl7.C4H7FO2/c22-21-14-12-16-11-13-19(15-20(16)23-21)24(17-7-3-1-4-8-17)18-9-5-2-6-10-18;11-4-2-1-3-5(4)9(15)7(13)6(12)8(3,14)10(9,16)17;1-2-3(5)4(6)7/h1-15H;1-5H;3H,2H2,1H3,(H,6,7)/q+1;;/p-1. The summed E-state index contributed by atoms with van der Waals surface area (Å²) in [6, 6.07) is 30.2. The number of alkyl halides is 6. The van der Waals surface area contributed by atoms with Gasteiger partial charge in [0.15, 0.2) is 19.0 Å². The Morgan fingerprint density at radius 2 is 1.40 bits per heavy atom. The molecule has 1 aromatic heterocycles. The minimum atomic E-state index is -1.79. The summed E-state index contributed by atoms with van der Waals surface area (Å²) in [7, 11) is -0.239. The fraction of sp³-hybridized carbons (Fsp3) is 0.257. The Labute approximate surface area is 314 Å². The van der Waals surface area contributed by atoms with E-state index in [1.165, 1.54) is 22.8 Å². The first-order chi connectivity index (χ1) is 22.7. The Morgan fingerprint density at radius 1 is 0.854 bits per heavy atom. The molecule has 6 atom stereocenters. The normalized spacial score (nSPS) is 26.8. The molecule has 3 aliphatic carbocycles. The van der Waals surface area contributed by atoms with Gasteiger partial charge in [0.2, 0.25) is 0 Å². The van der Waals surface area contributed by atoms with Crippen LogP contribution in [0.1, 0.15) is 13.3 Å². The number of aliphatic carboxylic acids is 1. The Balaban J connectivity index is 0.000000163. The van der Waals surface area contributed by atoms with Crippen molar-refractivity contribution >= 4 is 109 Å². The predicted molar refractivity (Wildman–Crippen MR) is 194 cm³/mol. The number of allylic oxidation sites excluding steroid dienone is 4. The van der Waals surface area contributed by atoms with Crippen molar-refractivity contribution in [1.82, 2.24) is 0 Å². The van der Waals surface area contributed by atoms with Gasteiger partial charge in [-0.25, -0.2) is 9.18 Å². The molecule has 48 heavy (non-hydrogen) atoms. The predicted octanol–water partition coefficient (Wildman–Crippen LogP) is 9.61. The molecule has 0 saturated heterocycles. The molecule has 4 aromatic rings. The van der Waals surface area contributed by atoms with E-state index in [1.54, 1.807) is 6.07 Å². The van der Waals surface area contributed by atoms with Gasteiger partial charge in [0.1, 0.15) is 21.5 Å². The number of rotatable bonds is 5. The van der Waals surface area contributed by atoms with E-state index in [1.807, 2.05) is 36.4 Å². The second-order valence-corrected chi connectivity index (χ2v) is 16.9. The molecule has 3 aliphatic rings. The van der Waals surface area contributed by atoms with Crippen LogP contribution in [0.15, 0.2) is 137 Å². The molecule has 2 bridgehead atoms. The molecule has 6 unspecified atom stereocenters. The van der Waals surface area contributed by atoms with Crippen LogP contribution < -0.4 is 10.7 Å². The number of carbonyl (C=O) groups is 1. The molecule has 4 nitrogen and oxygen atoms in total. The van der Waals surface area contributed by atoms with Gasteiger partial charge in [0.25, 0.3) is 0 Å². The highest BCUT2D eigenvalue weighted by atomic mass is 35.5. The van der Waals surface area contributed by atoms with E-state index in [2.05, 4.69) is 54.6 Å². The third-order valence-electron chi connectivity index (χ3n) is 8.30. The average Bonchev–Trinajstić information content (AvgIpc) is 3.57. The molecule has 0 aliphatic heterocycles. The maximum Gasteiger partial charge on any atom is 0.336 e. The van der Waals surface area contributed by atoms with Crippen LogP contribution in [-0.2, 0) is 15.7 Å². The highest BCUT2D eigenvalue weighted by Crippen LogP contribution is 2.78. The highest BCUT2D eigenvalue weighted by Gasteiger charge is 2.83. The average molecular weight is 810 g/mol. The molecular formula is C35H26Cl7FO4S. The second-order valence-electron chi connectivity index (χ2n) is 11.1. The summed E-state index contributed by atoms with van der Waals surface area (Å²) in [6.07, 6.45) is 1.89. The minimum absolute atomic E-state index is 0.0116. The number of fused-ring (bicyclic) bond motifs is 6. The first kappa shape index (κ1) is 37.4. The van der Waals surface area contributed by atoms with E-state index in [0.29, 0.717) is 5.58 Å². The van der Waals surface area contributed by atoms with Gasteiger partial charge in [-0.2, -0.15) is 0 Å². The number of hydrogen-bond donors (Lipinski definition) is 0. The zero-order valence-corrected chi connectivity index (χ0v) is 31.0. The third-order valence-corrected chi connectivity index (χ3v) is 15.2. The Morgan fingerprint density at radius 3 is 1.92 bits per heavy atom. The van der Waals surface area contributed by atoms with Crippen molar-refractivity contribution in [2.45, 2.75) is 53.7 Å². The van der Waals surface area contributed by atoms with Gasteiger partial charge in [0.05, 0.1) is 32.3 Å². The maximum absolute atomic E-state index is 11.6. The van der Waals surface area contributed by atoms with Crippen LogP contribution in [0, 0.1) is 11.8 Å². The molecule has 0 N–H and O–H groups in total. The molecule has 1 fully saturated rings. The van der Waals surface area contributed by atoms with Crippen molar-refractivity contribution in [3.05, 3.63) is 124 Å². The molecule has 13 heteroatoms. The Bertz CT molecular complexity index is 1880. The summed E-state index contributed by atoms with van der Waals surface area (Å²) < 4.78 is 15.5. The van der Waals surface area contributed by atoms with Gasteiger partial charge in [-0.1, -0.05) is 102 Å². The molecule has 7 rings (SSSR count). The fourth-order valence-electron chi connectivity index (χ4n) is 5.94. The lowest BCUT2D eigenvalue weighted by atomic mass is 9.84. The Hall–Kier alpha value is -1.87. The maximum atomic E-state index is 11.6. The summed E-state index contributed by atoms with van der Waals surface area (Å²) in [4.78, 5) is 22.1. The van der Waals surface area contributed by atoms with E-state index in [9.17, 15) is 19.1 Å². The number of benzene rings is 3. The van der Waals surface area contributed by atoms with E-state index >= 15 is 0 Å². The number of hydrogen-bond acceptors (Lipinski definition) is 4. The van der Waals surface area contributed by atoms with Crippen molar-refractivity contribution in [2.75, 3.05) is 0 Å². The second kappa shape index (κ2) is 14.8. The largest absolute Gasteiger partial charge is 0.547 e. The van der Waals surface area contributed by atoms with Crippen molar-refractivity contribution in [2.24, 2.45) is 11.8 Å². The monoisotopic (exact) mass is 806 g/mol. The summed E-state index contributed by atoms with van der Waals surface area (Å²) in [5, 5.41) is 10.5. The lowest BCUT2D eigenvalue weighted by Crippen LogP contribution is -2.45. The van der Waals surface area contributed by atoms with Crippen molar-refractivity contribution in [3.63, 3.8) is 0 Å². The van der Waals surface area contributed by atoms with Crippen molar-refractivity contribution in [1.29, 1.82) is 0 Å². The molecular weight excluding hydrogens is 784 g/mol. The van der Waals surface area contributed by atoms with Crippen LogP contribution in [0.25, 0.3) is 11.0 Å². The quantitative estimate of drug-likeness (QED) is 0.0872. The van der Waals surface area contributed by atoms with E-state index in [0.717, 1.165) is 10.3 Å². The first-order valence-corrected chi connectivity index (χ1v) is 18.5. The number of halogens is 8. The summed E-state index contributed by atoms with van der Waals surface area (Å²) >= 11 is 44.5. The molecule has 1 heterocycles. The van der Waals surface area contributed by atoms with Crippen LogP contribution in [0.4, 0.5) is 4.39 Å². The molecule has 0 spiro atoms. The lowest BCUT2D eigenvalue weighted by Gasteiger charge is -2.34. The minimum Gasteiger partial charge on any atom is -0.547 e. The van der Waals surface area contributed by atoms with E-state index in [4.69, 9.17) is 85.6 Å². The summed E-state index contributed by atoms with van der Waals surface area (Å²) in [6.45, 7) is 1.44. The molecule has 0 amide bonds. The molecule has 1 saturated carbocycles. The van der Waals surface area contributed by atoms with Gasteiger partial charge in [-0.05, 0) is 48.9 Å². The third kappa shape index (κ3) is 6.41. The zero-order valence-electron chi connectivity index (χ0n) is 24.9. The first-order valence-electron chi connectivity index (χ1n) is 14.6. The highest BCUT2D eigenvalue weighted by molar-refractivity contribution is 7.97. The fourth-order valence-corrected chi connectivity index (χ4v) is 11.6. The lowest BCUT2D eigenvalue weighted by molar-refractivity contribution is -0.311. The smallest absolute Gasteiger partial charge is 0.336 e. The van der Waals surface area contributed by atoms with E-state index in [-0.39, 0.29) is 50.2 Å². The van der Waals surface area contributed by atoms with E-state index < -0.39 is 26.2 Å². The topological polar surface area (TPSA) is 70.3 Å². The van der Waals surface area contributed by atoms with Crippen LogP contribution in [0.5, 0.6) is 0 Å². The number of carbonyl (C=O) groups excluding carboxylic acids is 1. The van der Waals surface area contributed by atoms with Gasteiger partial charge in [0, 0.05) is 29.4 Å². The van der Waals surface area contributed by atoms with Crippen LogP contribution in [0.3, 0.4) is 0 Å². The molecule has 0 radical (unpaired) electrons. The summed E-state index contributed by atoms with van der Waals surface area (Å²) in [5.74, 6) is -2.09. The zero-order chi connectivity index (χ0) is 35.0. The molecule has 3 aromatic carbocycles. The van der Waals surface area contributed by atoms with Gasteiger partial charge in [-0.15, -0.1) is 34.8 Å². The van der Waals surface area contributed by atoms with Crippen LogP contribution >= 0.6 is 81.2 Å². The molecule has 252 valence electrons. The van der Waals surface area contributed by atoms with Gasteiger partial charge >= 0.3 is 5.63 Å². The number of carboxylic acids is 1. The Kier molecular flexibility index (Phi) is 11.5. The number of carboxylic acid groups (broad SMARTS) is 1. The van der Waals surface area contributed by atoms with Gasteiger partial charge in [-0.3, -0.25) is 0 Å². The SMILES string of the molecule is CCC(F)C(=O)[O-].ClC1=C(Cl)C2(Cl)C3C(Cl)C=CC3C1(Cl)C2(Cl)Cl.O=c1ccc2ccc([S+](c3ccccc3)c3ccccc3)cc2o1. The van der Waals surface area contributed by atoms with Crippen molar-refractivity contribution < 1.29 is 18.7 Å². The van der Waals surface area contributed by atoms with Crippen molar-refractivity contribution in [3.8, 4) is 0 Å². The van der Waals surface area contributed by atoms with Crippen LogP contribution in [0.2, 0.25) is 0 Å². The van der Waals surface area contributed by atoms with Gasteiger partial charge < -0.3 is 14.3 Å².